The van der Waals surface area contributed by atoms with Crippen LogP contribution >= 0.6 is 11.8 Å². The molecule has 32 heavy (non-hydrogen) atoms. The van der Waals surface area contributed by atoms with Crippen LogP contribution < -0.4 is 5.32 Å². The van der Waals surface area contributed by atoms with Crippen molar-refractivity contribution in [2.75, 3.05) is 12.8 Å². The third kappa shape index (κ3) is 4.86. The average Bonchev–Trinajstić information content (AvgIpc) is 3.22. The molecule has 162 valence electrons. The van der Waals surface area contributed by atoms with E-state index in [1.165, 1.54) is 36.0 Å². The maximum absolute atomic E-state index is 13.5. The highest BCUT2D eigenvalue weighted by atomic mass is 32.2. The summed E-state index contributed by atoms with van der Waals surface area (Å²) in [6.45, 7) is 0.344. The molecule has 0 spiro atoms. The fraction of sp³-hybridized carbons (Fsp3) is 0.125. The lowest BCUT2D eigenvalue weighted by molar-refractivity contribution is 0.0954. The smallest absolute Gasteiger partial charge is 0.251 e. The highest BCUT2D eigenvalue weighted by molar-refractivity contribution is 7.98. The molecule has 0 bridgehead atoms. The number of rotatable bonds is 7. The summed E-state index contributed by atoms with van der Waals surface area (Å²) >= 11 is 1.43. The minimum Gasteiger partial charge on any atom is -0.352 e. The molecular weight excluding hydrogens is 430 g/mol. The molecule has 0 aliphatic heterocycles. The summed E-state index contributed by atoms with van der Waals surface area (Å²) in [5, 5.41) is 12.0. The summed E-state index contributed by atoms with van der Waals surface area (Å²) < 4.78 is 28.7. The molecule has 0 saturated heterocycles. The third-order valence-corrected chi connectivity index (χ3v) is 5.51. The molecule has 1 heterocycles. The monoisotopic (exact) mass is 450 g/mol. The van der Waals surface area contributed by atoms with Crippen molar-refractivity contribution in [3.8, 4) is 16.8 Å². The van der Waals surface area contributed by atoms with Crippen molar-refractivity contribution < 1.29 is 13.6 Å². The molecule has 0 aliphatic carbocycles. The zero-order valence-electron chi connectivity index (χ0n) is 17.3. The highest BCUT2D eigenvalue weighted by Crippen LogP contribution is 2.22. The maximum Gasteiger partial charge on any atom is 0.251 e. The Hall–Kier alpha value is -3.52. The number of halogens is 2. The Morgan fingerprint density at radius 3 is 2.38 bits per heavy atom. The Kier molecular flexibility index (Phi) is 6.61. The molecule has 0 fully saturated rings. The van der Waals surface area contributed by atoms with Gasteiger partial charge in [-0.2, -0.15) is 0 Å². The normalized spacial score (nSPS) is 10.8. The fourth-order valence-corrected chi connectivity index (χ4v) is 3.86. The van der Waals surface area contributed by atoms with Gasteiger partial charge >= 0.3 is 0 Å². The van der Waals surface area contributed by atoms with Crippen molar-refractivity contribution in [1.82, 2.24) is 20.1 Å². The molecule has 0 unspecified atom stereocenters. The Labute approximate surface area is 188 Å². The molecule has 1 N–H and O–H groups in total. The minimum atomic E-state index is -0.327. The second-order valence-electron chi connectivity index (χ2n) is 7.01. The van der Waals surface area contributed by atoms with Gasteiger partial charge in [0.15, 0.2) is 5.16 Å². The SMILES string of the molecule is CSc1nnc(CCNC(=O)c2cccc(-c3cccc(F)c3)c2)n1-c1ccc(F)cc1. The van der Waals surface area contributed by atoms with Crippen LogP contribution in [0.1, 0.15) is 16.2 Å². The molecule has 0 saturated carbocycles. The predicted molar refractivity (Wildman–Crippen MR) is 121 cm³/mol. The van der Waals surface area contributed by atoms with E-state index in [0.717, 1.165) is 11.3 Å². The largest absolute Gasteiger partial charge is 0.352 e. The Bertz CT molecular complexity index is 1240. The van der Waals surface area contributed by atoms with Crippen LogP contribution in [0.5, 0.6) is 0 Å². The van der Waals surface area contributed by atoms with E-state index in [9.17, 15) is 13.6 Å². The molecule has 0 atom stereocenters. The van der Waals surface area contributed by atoms with Crippen LogP contribution in [0.15, 0.2) is 78.0 Å². The van der Waals surface area contributed by atoms with Gasteiger partial charge in [-0.1, -0.05) is 36.0 Å². The Balaban J connectivity index is 1.45. The molecule has 1 aromatic heterocycles. The van der Waals surface area contributed by atoms with Gasteiger partial charge in [0.25, 0.3) is 5.91 Å². The first-order valence-electron chi connectivity index (χ1n) is 9.93. The van der Waals surface area contributed by atoms with Crippen molar-refractivity contribution in [2.45, 2.75) is 11.6 Å². The van der Waals surface area contributed by atoms with Crippen LogP contribution in [0.2, 0.25) is 0 Å². The molecule has 4 rings (SSSR count). The van der Waals surface area contributed by atoms with Crippen molar-refractivity contribution >= 4 is 17.7 Å². The number of carbonyl (C=O) groups is 1. The number of hydrogen-bond donors (Lipinski definition) is 1. The topological polar surface area (TPSA) is 59.8 Å². The van der Waals surface area contributed by atoms with E-state index in [1.807, 2.05) is 16.9 Å². The van der Waals surface area contributed by atoms with E-state index in [2.05, 4.69) is 15.5 Å². The molecule has 8 heteroatoms. The number of nitrogens with one attached hydrogen (secondary N) is 1. The van der Waals surface area contributed by atoms with Gasteiger partial charge in [0.1, 0.15) is 17.5 Å². The lowest BCUT2D eigenvalue weighted by Gasteiger charge is -2.10. The van der Waals surface area contributed by atoms with Gasteiger partial charge in [0, 0.05) is 24.2 Å². The lowest BCUT2D eigenvalue weighted by Crippen LogP contribution is -2.26. The van der Waals surface area contributed by atoms with Gasteiger partial charge < -0.3 is 5.32 Å². The second-order valence-corrected chi connectivity index (χ2v) is 7.79. The standard InChI is InChI=1S/C24H20F2N4OS/c1-32-24-29-28-22(30(24)21-10-8-19(25)9-11-21)12-13-27-23(31)18-6-2-4-16(14-18)17-5-3-7-20(26)15-17/h2-11,14-15H,12-13H2,1H3,(H,27,31). The fourth-order valence-electron chi connectivity index (χ4n) is 3.34. The molecule has 3 aromatic carbocycles. The van der Waals surface area contributed by atoms with Crippen molar-refractivity contribution in [3.63, 3.8) is 0 Å². The summed E-state index contributed by atoms with van der Waals surface area (Å²) in [6, 6.07) is 19.4. The van der Waals surface area contributed by atoms with E-state index in [1.54, 1.807) is 42.5 Å². The van der Waals surface area contributed by atoms with E-state index in [4.69, 9.17) is 0 Å². The number of nitrogens with zero attached hydrogens (tertiary/aromatic N) is 3. The molecule has 0 aliphatic rings. The van der Waals surface area contributed by atoms with Crippen molar-refractivity contribution in [3.05, 3.63) is 95.8 Å². The van der Waals surface area contributed by atoms with E-state index >= 15 is 0 Å². The average molecular weight is 451 g/mol. The zero-order chi connectivity index (χ0) is 22.5. The molecule has 5 nitrogen and oxygen atoms in total. The minimum absolute atomic E-state index is 0.235. The third-order valence-electron chi connectivity index (χ3n) is 4.88. The molecule has 4 aromatic rings. The number of thioether (sulfide) groups is 1. The van der Waals surface area contributed by atoms with Crippen LogP contribution in [0, 0.1) is 11.6 Å². The number of carbonyl (C=O) groups excluding carboxylic acids is 1. The van der Waals surface area contributed by atoms with Gasteiger partial charge in [-0.15, -0.1) is 10.2 Å². The molecular formula is C24H20F2N4OS. The molecule has 1 amide bonds. The number of hydrogen-bond acceptors (Lipinski definition) is 4. The van der Waals surface area contributed by atoms with Crippen LogP contribution in [-0.4, -0.2) is 33.5 Å². The van der Waals surface area contributed by atoms with Crippen LogP contribution in [0.4, 0.5) is 8.78 Å². The number of benzene rings is 3. The predicted octanol–water partition coefficient (Wildman–Crippen LogP) is 4.91. The Morgan fingerprint density at radius 2 is 1.66 bits per heavy atom. The number of amides is 1. The maximum atomic E-state index is 13.5. The lowest BCUT2D eigenvalue weighted by atomic mass is 10.0. The first-order valence-corrected chi connectivity index (χ1v) is 11.2. The van der Waals surface area contributed by atoms with Gasteiger partial charge in [0.05, 0.1) is 0 Å². The quantitative estimate of drug-likeness (QED) is 0.407. The van der Waals surface area contributed by atoms with Crippen LogP contribution in [0.25, 0.3) is 16.8 Å². The van der Waals surface area contributed by atoms with Crippen molar-refractivity contribution in [1.29, 1.82) is 0 Å². The van der Waals surface area contributed by atoms with Gasteiger partial charge in [0.2, 0.25) is 0 Å². The van der Waals surface area contributed by atoms with Crippen molar-refractivity contribution in [2.24, 2.45) is 0 Å². The second kappa shape index (κ2) is 9.74. The summed E-state index contributed by atoms with van der Waals surface area (Å²) in [5.74, 6) is -0.218. The summed E-state index contributed by atoms with van der Waals surface area (Å²) in [4.78, 5) is 12.7. The first-order chi connectivity index (χ1) is 15.5. The Morgan fingerprint density at radius 1 is 0.938 bits per heavy atom. The van der Waals surface area contributed by atoms with E-state index < -0.39 is 0 Å². The van der Waals surface area contributed by atoms with Gasteiger partial charge in [-0.05, 0) is 65.9 Å². The van der Waals surface area contributed by atoms with Crippen LogP contribution in [0.3, 0.4) is 0 Å². The van der Waals surface area contributed by atoms with Gasteiger partial charge in [-0.25, -0.2) is 8.78 Å². The first kappa shape index (κ1) is 21.7. The highest BCUT2D eigenvalue weighted by Gasteiger charge is 2.14. The molecule has 0 radical (unpaired) electrons. The summed E-state index contributed by atoms with van der Waals surface area (Å²) in [6.07, 6.45) is 2.33. The van der Waals surface area contributed by atoms with Crippen LogP contribution in [-0.2, 0) is 6.42 Å². The summed E-state index contributed by atoms with van der Waals surface area (Å²) in [7, 11) is 0. The van der Waals surface area contributed by atoms with Gasteiger partial charge in [-0.3, -0.25) is 9.36 Å². The summed E-state index contributed by atoms with van der Waals surface area (Å²) in [5.41, 5.74) is 2.70. The van der Waals surface area contributed by atoms with E-state index in [0.29, 0.717) is 35.1 Å². The zero-order valence-corrected chi connectivity index (χ0v) is 18.1. The van der Waals surface area contributed by atoms with E-state index in [-0.39, 0.29) is 17.5 Å². The number of aromatic nitrogens is 3.